The Bertz CT molecular complexity index is 460. The summed E-state index contributed by atoms with van der Waals surface area (Å²) in [6.45, 7) is 3.94. The second kappa shape index (κ2) is 6.54. The molecule has 0 bridgehead atoms. The molecule has 0 aliphatic rings. The first-order valence-corrected chi connectivity index (χ1v) is 5.29. The van der Waals surface area contributed by atoms with Crippen LogP contribution < -0.4 is 10.1 Å². The molecule has 1 amide bonds. The highest BCUT2D eigenvalue weighted by atomic mass is 19.1. The third-order valence-electron chi connectivity index (χ3n) is 1.90. The van der Waals surface area contributed by atoms with E-state index in [1.54, 1.807) is 12.1 Å². The Hall–Kier alpha value is -2.02. The molecule has 0 aliphatic carbocycles. The minimum absolute atomic E-state index is 0.161. The van der Waals surface area contributed by atoms with E-state index < -0.39 is 5.82 Å². The minimum atomic E-state index is -0.425. The van der Waals surface area contributed by atoms with Crippen LogP contribution in [0, 0.1) is 17.7 Å². The van der Waals surface area contributed by atoms with Gasteiger partial charge in [-0.25, -0.2) is 4.39 Å². The van der Waals surface area contributed by atoms with Gasteiger partial charge in [0.25, 0.3) is 0 Å². The molecule has 0 aromatic heterocycles. The topological polar surface area (TPSA) is 38.3 Å². The van der Waals surface area contributed by atoms with E-state index in [9.17, 15) is 9.18 Å². The van der Waals surface area contributed by atoms with E-state index in [1.807, 2.05) is 6.92 Å². The summed E-state index contributed by atoms with van der Waals surface area (Å²) >= 11 is 0. The summed E-state index contributed by atoms with van der Waals surface area (Å²) in [5.74, 6) is 5.20. The molecule has 1 aromatic carbocycles. The van der Waals surface area contributed by atoms with Crippen LogP contribution in [0.5, 0.6) is 5.75 Å². The number of amides is 1. The normalized spacial score (nSPS) is 9.12. The lowest BCUT2D eigenvalue weighted by Crippen LogP contribution is -2.19. The first-order chi connectivity index (χ1) is 8.13. The Morgan fingerprint density at radius 3 is 2.88 bits per heavy atom. The number of benzene rings is 1. The van der Waals surface area contributed by atoms with E-state index in [1.165, 1.54) is 13.0 Å². The van der Waals surface area contributed by atoms with Crippen molar-refractivity contribution in [3.63, 3.8) is 0 Å². The van der Waals surface area contributed by atoms with Crippen molar-refractivity contribution in [3.8, 4) is 17.6 Å². The molecule has 0 unspecified atom stereocenters. The van der Waals surface area contributed by atoms with Crippen molar-refractivity contribution in [1.82, 2.24) is 5.32 Å². The van der Waals surface area contributed by atoms with Gasteiger partial charge in [0.05, 0.1) is 18.7 Å². The summed E-state index contributed by atoms with van der Waals surface area (Å²) in [7, 11) is 0. The fraction of sp³-hybridized carbons (Fsp3) is 0.308. The summed E-state index contributed by atoms with van der Waals surface area (Å²) in [4.78, 5) is 10.6. The van der Waals surface area contributed by atoms with Crippen molar-refractivity contribution in [2.45, 2.75) is 13.8 Å². The van der Waals surface area contributed by atoms with Gasteiger partial charge in [-0.2, -0.15) is 0 Å². The lowest BCUT2D eigenvalue weighted by molar-refractivity contribution is -0.118. The number of hydrogen-bond donors (Lipinski definition) is 1. The summed E-state index contributed by atoms with van der Waals surface area (Å²) in [5.41, 5.74) is 0.291. The van der Waals surface area contributed by atoms with Crippen molar-refractivity contribution in [1.29, 1.82) is 0 Å². The van der Waals surface area contributed by atoms with Crippen molar-refractivity contribution >= 4 is 5.91 Å². The quantitative estimate of drug-likeness (QED) is 0.810. The predicted molar refractivity (Wildman–Crippen MR) is 63.1 cm³/mol. The molecule has 0 fully saturated rings. The van der Waals surface area contributed by atoms with Crippen LogP contribution in [0.1, 0.15) is 19.4 Å². The maximum absolute atomic E-state index is 13.5. The van der Waals surface area contributed by atoms with Gasteiger partial charge in [0.15, 0.2) is 0 Å². The zero-order chi connectivity index (χ0) is 12.7. The molecule has 0 heterocycles. The molecule has 0 saturated heterocycles. The third kappa shape index (κ3) is 4.56. The van der Waals surface area contributed by atoms with E-state index in [0.29, 0.717) is 17.9 Å². The average Bonchev–Trinajstić information content (AvgIpc) is 2.27. The monoisotopic (exact) mass is 235 g/mol. The predicted octanol–water partition coefficient (Wildman–Crippen LogP) is 1.71. The number of carbonyl (C=O) groups is 1. The van der Waals surface area contributed by atoms with Crippen molar-refractivity contribution in [2.24, 2.45) is 0 Å². The van der Waals surface area contributed by atoms with Gasteiger partial charge in [0, 0.05) is 13.0 Å². The molecule has 4 heteroatoms. The average molecular weight is 235 g/mol. The summed E-state index contributed by atoms with van der Waals surface area (Å²) < 4.78 is 18.6. The number of ether oxygens (including phenoxy) is 1. The van der Waals surface area contributed by atoms with Gasteiger partial charge in [-0.05, 0) is 19.1 Å². The molecular formula is C13H14FNO2. The second-order valence-corrected chi connectivity index (χ2v) is 3.29. The Morgan fingerprint density at radius 1 is 1.53 bits per heavy atom. The lowest BCUT2D eigenvalue weighted by Gasteiger charge is -2.03. The lowest BCUT2D eigenvalue weighted by atomic mass is 10.2. The van der Waals surface area contributed by atoms with Crippen LogP contribution in [-0.4, -0.2) is 19.1 Å². The van der Waals surface area contributed by atoms with Crippen LogP contribution in [0.25, 0.3) is 0 Å². The Labute approximate surface area is 100.0 Å². The fourth-order valence-electron chi connectivity index (χ4n) is 1.16. The minimum Gasteiger partial charge on any atom is -0.494 e. The summed E-state index contributed by atoms with van der Waals surface area (Å²) in [6, 6.07) is 4.52. The first kappa shape index (κ1) is 13.0. The van der Waals surface area contributed by atoms with Gasteiger partial charge < -0.3 is 10.1 Å². The largest absolute Gasteiger partial charge is 0.494 e. The van der Waals surface area contributed by atoms with E-state index in [-0.39, 0.29) is 12.5 Å². The zero-order valence-corrected chi connectivity index (χ0v) is 9.84. The van der Waals surface area contributed by atoms with Crippen molar-refractivity contribution in [2.75, 3.05) is 13.2 Å². The maximum atomic E-state index is 13.5. The van der Waals surface area contributed by atoms with Gasteiger partial charge in [0.1, 0.15) is 11.6 Å². The van der Waals surface area contributed by atoms with Crippen LogP contribution in [0.2, 0.25) is 0 Å². The molecule has 0 radical (unpaired) electrons. The highest BCUT2D eigenvalue weighted by Crippen LogP contribution is 2.15. The number of hydrogen-bond acceptors (Lipinski definition) is 2. The second-order valence-electron chi connectivity index (χ2n) is 3.29. The smallest absolute Gasteiger partial charge is 0.217 e. The van der Waals surface area contributed by atoms with E-state index in [4.69, 9.17) is 4.74 Å². The van der Waals surface area contributed by atoms with E-state index in [0.717, 1.165) is 0 Å². The van der Waals surface area contributed by atoms with Crippen LogP contribution in [0.4, 0.5) is 4.39 Å². The summed E-state index contributed by atoms with van der Waals surface area (Å²) in [6.07, 6.45) is 0. The van der Waals surface area contributed by atoms with E-state index >= 15 is 0 Å². The first-order valence-electron chi connectivity index (χ1n) is 5.29. The Morgan fingerprint density at radius 2 is 2.29 bits per heavy atom. The molecule has 0 atom stereocenters. The highest BCUT2D eigenvalue weighted by molar-refractivity contribution is 5.73. The Balaban J connectivity index is 2.68. The van der Waals surface area contributed by atoms with E-state index in [2.05, 4.69) is 17.2 Å². The number of carbonyl (C=O) groups excluding carboxylic acids is 1. The van der Waals surface area contributed by atoms with Gasteiger partial charge in [-0.1, -0.05) is 11.8 Å². The van der Waals surface area contributed by atoms with Gasteiger partial charge in [0.2, 0.25) is 5.91 Å². The number of nitrogens with one attached hydrogen (secondary N) is 1. The van der Waals surface area contributed by atoms with Crippen molar-refractivity contribution in [3.05, 3.63) is 29.6 Å². The maximum Gasteiger partial charge on any atom is 0.217 e. The molecule has 0 saturated carbocycles. The van der Waals surface area contributed by atoms with Crippen molar-refractivity contribution < 1.29 is 13.9 Å². The number of halogens is 1. The molecule has 17 heavy (non-hydrogen) atoms. The summed E-state index contributed by atoms with van der Waals surface area (Å²) in [5, 5.41) is 2.51. The highest BCUT2D eigenvalue weighted by Gasteiger charge is 2.01. The molecule has 0 spiro atoms. The third-order valence-corrected chi connectivity index (χ3v) is 1.90. The standard InChI is InChI=1S/C13H14FNO2/c1-3-17-12-7-6-11(13(14)9-12)5-4-8-15-10(2)16/h6-7,9H,3,8H2,1-2H3,(H,15,16). The molecule has 1 rings (SSSR count). The van der Waals surface area contributed by atoms with Gasteiger partial charge in [-0.3, -0.25) is 4.79 Å². The van der Waals surface area contributed by atoms with Crippen LogP contribution in [0.3, 0.4) is 0 Å². The van der Waals surface area contributed by atoms with Gasteiger partial charge in [-0.15, -0.1) is 0 Å². The molecular weight excluding hydrogens is 221 g/mol. The molecule has 1 N–H and O–H groups in total. The number of rotatable bonds is 3. The van der Waals surface area contributed by atoms with Crippen LogP contribution in [0.15, 0.2) is 18.2 Å². The van der Waals surface area contributed by atoms with Crippen LogP contribution in [-0.2, 0) is 4.79 Å². The van der Waals surface area contributed by atoms with Gasteiger partial charge >= 0.3 is 0 Å². The molecule has 3 nitrogen and oxygen atoms in total. The fourth-order valence-corrected chi connectivity index (χ4v) is 1.16. The Kier molecular flexibility index (Phi) is 5.02. The SMILES string of the molecule is CCOc1ccc(C#CCNC(C)=O)c(F)c1. The molecule has 1 aromatic rings. The van der Waals surface area contributed by atoms with Crippen LogP contribution >= 0.6 is 0 Å². The zero-order valence-electron chi connectivity index (χ0n) is 9.84. The molecule has 90 valence electrons. The molecule has 0 aliphatic heterocycles.